The number of aromatic nitrogens is 2. The predicted octanol–water partition coefficient (Wildman–Crippen LogP) is 4.29. The van der Waals surface area contributed by atoms with Crippen LogP contribution < -0.4 is 14.4 Å². The highest BCUT2D eigenvalue weighted by Gasteiger charge is 2.36. The van der Waals surface area contributed by atoms with E-state index in [9.17, 15) is 13.2 Å². The van der Waals surface area contributed by atoms with E-state index in [1.54, 1.807) is 6.07 Å². The number of benzene rings is 2. The molecule has 1 aliphatic rings. The second-order valence-electron chi connectivity index (χ2n) is 8.97. The number of rotatable bonds is 6. The van der Waals surface area contributed by atoms with Crippen LogP contribution in [0.2, 0.25) is 0 Å². The van der Waals surface area contributed by atoms with E-state index >= 15 is 0 Å². The molecule has 34 heavy (non-hydrogen) atoms. The summed E-state index contributed by atoms with van der Waals surface area (Å²) in [6.07, 6.45) is 0.106. The quantitative estimate of drug-likeness (QED) is 0.384. The predicted molar refractivity (Wildman–Crippen MR) is 136 cm³/mol. The minimum Gasteiger partial charge on any atom is -0.476 e. The van der Waals surface area contributed by atoms with Crippen LogP contribution in [0.15, 0.2) is 52.9 Å². The number of hydrogen-bond donors (Lipinski definition) is 1. The summed E-state index contributed by atoms with van der Waals surface area (Å²) in [5.74, 6) is 0.613. The average molecular weight is 519 g/mol. The highest BCUT2D eigenvalue weighted by molar-refractivity contribution is 8.00. The van der Waals surface area contributed by atoms with Gasteiger partial charge in [-0.1, -0.05) is 80.3 Å². The average Bonchev–Trinajstić information content (AvgIpc) is 3.23. The topological polar surface area (TPSA) is 101 Å². The molecule has 0 bridgehead atoms. The monoisotopic (exact) mass is 518 g/mol. The lowest BCUT2D eigenvalue weighted by atomic mass is 9.86. The van der Waals surface area contributed by atoms with Gasteiger partial charge >= 0.3 is 0 Å². The van der Waals surface area contributed by atoms with Gasteiger partial charge in [-0.25, -0.2) is 8.42 Å². The van der Waals surface area contributed by atoms with Crippen LogP contribution in [0.4, 0.5) is 10.8 Å². The Labute approximate surface area is 207 Å². The first-order chi connectivity index (χ1) is 16.0. The van der Waals surface area contributed by atoms with Crippen molar-refractivity contribution in [1.29, 1.82) is 0 Å². The van der Waals surface area contributed by atoms with Crippen molar-refractivity contribution in [2.24, 2.45) is 0 Å². The molecule has 1 amide bonds. The van der Waals surface area contributed by atoms with Crippen LogP contribution in [0.25, 0.3) is 0 Å². The molecule has 2 aromatic carbocycles. The Bertz CT molecular complexity index is 1290. The fourth-order valence-corrected chi connectivity index (χ4v) is 6.01. The van der Waals surface area contributed by atoms with E-state index in [0.29, 0.717) is 16.6 Å². The Morgan fingerprint density at radius 2 is 1.94 bits per heavy atom. The number of thioether (sulfide) groups is 1. The van der Waals surface area contributed by atoms with Crippen LogP contribution in [-0.4, -0.2) is 43.4 Å². The molecule has 1 N–H and O–H groups in total. The summed E-state index contributed by atoms with van der Waals surface area (Å²) in [5, 5.41) is 11.2. The Balaban J connectivity index is 1.47. The van der Waals surface area contributed by atoms with Gasteiger partial charge in [0.1, 0.15) is 5.75 Å². The van der Waals surface area contributed by atoms with Crippen LogP contribution in [0.5, 0.6) is 5.75 Å². The molecule has 1 aromatic heterocycles. The van der Waals surface area contributed by atoms with Gasteiger partial charge in [-0.2, -0.15) is 0 Å². The third-order valence-electron chi connectivity index (χ3n) is 5.23. The largest absolute Gasteiger partial charge is 0.476 e. The van der Waals surface area contributed by atoms with Crippen molar-refractivity contribution < 1.29 is 17.9 Å². The van der Waals surface area contributed by atoms with E-state index in [4.69, 9.17) is 4.74 Å². The number of amides is 1. The van der Waals surface area contributed by atoms with E-state index in [1.807, 2.05) is 63.2 Å². The summed E-state index contributed by atoms with van der Waals surface area (Å²) in [7, 11) is -3.63. The number of nitrogens with one attached hydrogen (secondary N) is 1. The molecule has 3 aromatic rings. The molecule has 0 fully saturated rings. The SMILES string of the molecule is CC(C)(C)c1ccc2c(c1)N(S(C)(=O)=O)C[C@@H](C(=O)Nc1nnc(SCc3ccccc3)s1)O2. The number of fused-ring (bicyclic) bond motifs is 1. The second-order valence-corrected chi connectivity index (χ2v) is 13.1. The van der Waals surface area contributed by atoms with E-state index in [-0.39, 0.29) is 12.0 Å². The summed E-state index contributed by atoms with van der Waals surface area (Å²) < 4.78 is 32.9. The number of nitrogens with zero attached hydrogens (tertiary/aromatic N) is 3. The van der Waals surface area contributed by atoms with E-state index in [1.165, 1.54) is 27.4 Å². The maximum absolute atomic E-state index is 12.9. The Kier molecular flexibility index (Phi) is 6.88. The molecule has 0 aliphatic carbocycles. The maximum atomic E-state index is 12.9. The highest BCUT2D eigenvalue weighted by Crippen LogP contribution is 2.39. The number of anilines is 2. The summed E-state index contributed by atoms with van der Waals surface area (Å²) in [6, 6.07) is 15.4. The van der Waals surface area contributed by atoms with Crippen molar-refractivity contribution in [2.75, 3.05) is 22.4 Å². The zero-order chi connectivity index (χ0) is 24.5. The van der Waals surface area contributed by atoms with Crippen molar-refractivity contribution in [3.63, 3.8) is 0 Å². The molecule has 1 aliphatic heterocycles. The number of ether oxygens (including phenoxy) is 1. The van der Waals surface area contributed by atoms with Crippen molar-refractivity contribution in [1.82, 2.24) is 10.2 Å². The number of sulfonamides is 1. The summed E-state index contributed by atoms with van der Waals surface area (Å²) in [6.45, 7) is 6.02. The van der Waals surface area contributed by atoms with Gasteiger partial charge in [0.15, 0.2) is 10.4 Å². The van der Waals surface area contributed by atoms with Crippen molar-refractivity contribution in [3.8, 4) is 5.75 Å². The van der Waals surface area contributed by atoms with Gasteiger partial charge in [0.25, 0.3) is 5.91 Å². The standard InChI is InChI=1S/C23H26N4O4S3/c1-23(2,3)16-10-11-18-17(12-16)27(34(4,29)30)13-19(31-18)20(28)24-21-25-26-22(33-21)32-14-15-8-6-5-7-9-15/h5-12,19H,13-14H2,1-4H3,(H,24,25,28)/t19-/m0/s1. The fraction of sp³-hybridized carbons (Fsp3) is 0.348. The van der Waals surface area contributed by atoms with Crippen LogP contribution in [0.1, 0.15) is 31.9 Å². The first kappa shape index (κ1) is 24.5. The lowest BCUT2D eigenvalue weighted by molar-refractivity contribution is -0.122. The van der Waals surface area contributed by atoms with Crippen molar-refractivity contribution in [2.45, 2.75) is 42.4 Å². The molecule has 0 saturated carbocycles. The zero-order valence-electron chi connectivity index (χ0n) is 19.3. The lowest BCUT2D eigenvalue weighted by Crippen LogP contribution is -2.48. The molecule has 0 radical (unpaired) electrons. The summed E-state index contributed by atoms with van der Waals surface area (Å²) >= 11 is 2.79. The van der Waals surface area contributed by atoms with Crippen LogP contribution in [0.3, 0.4) is 0 Å². The van der Waals surface area contributed by atoms with Gasteiger partial charge in [-0.3, -0.25) is 14.4 Å². The smallest absolute Gasteiger partial charge is 0.269 e. The zero-order valence-corrected chi connectivity index (χ0v) is 21.8. The first-order valence-electron chi connectivity index (χ1n) is 10.6. The van der Waals surface area contributed by atoms with Gasteiger partial charge in [-0.05, 0) is 28.7 Å². The molecule has 4 rings (SSSR count). The van der Waals surface area contributed by atoms with Crippen LogP contribution in [-0.2, 0) is 26.0 Å². The third kappa shape index (κ3) is 5.70. The van der Waals surface area contributed by atoms with E-state index < -0.39 is 22.0 Å². The van der Waals surface area contributed by atoms with Crippen LogP contribution in [0, 0.1) is 0 Å². The second kappa shape index (κ2) is 9.55. The van der Waals surface area contributed by atoms with E-state index in [0.717, 1.165) is 27.5 Å². The molecule has 0 saturated heterocycles. The minimum absolute atomic E-state index is 0.125. The summed E-state index contributed by atoms with van der Waals surface area (Å²) in [4.78, 5) is 12.9. The summed E-state index contributed by atoms with van der Waals surface area (Å²) in [5.41, 5.74) is 2.41. The molecular formula is C23H26N4O4S3. The molecular weight excluding hydrogens is 492 g/mol. The number of hydrogen-bond acceptors (Lipinski definition) is 8. The molecule has 0 spiro atoms. The Morgan fingerprint density at radius 1 is 1.21 bits per heavy atom. The first-order valence-corrected chi connectivity index (χ1v) is 14.3. The lowest BCUT2D eigenvalue weighted by Gasteiger charge is -2.35. The molecule has 2 heterocycles. The van der Waals surface area contributed by atoms with Crippen molar-refractivity contribution in [3.05, 3.63) is 59.7 Å². The van der Waals surface area contributed by atoms with Gasteiger partial charge in [0.05, 0.1) is 18.5 Å². The van der Waals surface area contributed by atoms with Gasteiger partial charge in [-0.15, -0.1) is 10.2 Å². The third-order valence-corrected chi connectivity index (χ3v) is 8.42. The molecule has 180 valence electrons. The van der Waals surface area contributed by atoms with Gasteiger partial charge < -0.3 is 4.74 Å². The van der Waals surface area contributed by atoms with Crippen LogP contribution >= 0.6 is 23.1 Å². The fourth-order valence-electron chi connectivity index (χ4n) is 3.39. The normalized spacial score (nSPS) is 16.0. The Hall–Kier alpha value is -2.63. The minimum atomic E-state index is -3.63. The highest BCUT2D eigenvalue weighted by atomic mass is 32.2. The Morgan fingerprint density at radius 3 is 2.62 bits per heavy atom. The van der Waals surface area contributed by atoms with Crippen molar-refractivity contribution >= 4 is 49.8 Å². The van der Waals surface area contributed by atoms with Gasteiger partial charge in [0.2, 0.25) is 15.2 Å². The molecule has 11 heteroatoms. The molecule has 1 atom stereocenters. The van der Waals surface area contributed by atoms with E-state index in [2.05, 4.69) is 15.5 Å². The number of carbonyl (C=O) groups is 1. The van der Waals surface area contributed by atoms with Gasteiger partial charge in [0, 0.05) is 5.75 Å². The number of carbonyl (C=O) groups excluding carboxylic acids is 1. The molecule has 8 nitrogen and oxygen atoms in total. The maximum Gasteiger partial charge on any atom is 0.269 e. The molecule has 0 unspecified atom stereocenters.